The Kier molecular flexibility index (Phi) is 8.06. The van der Waals surface area contributed by atoms with Crippen molar-refractivity contribution in [2.75, 3.05) is 38.7 Å². The molecule has 1 heterocycles. The third-order valence-electron chi connectivity index (χ3n) is 4.13. The quantitative estimate of drug-likeness (QED) is 0.833. The van der Waals surface area contributed by atoms with Crippen molar-refractivity contribution in [1.82, 2.24) is 0 Å². The molecule has 2 aromatic rings. The Morgan fingerprint density at radius 1 is 1.04 bits per heavy atom. The SMILES string of the molecule is C[NH+]1CCOCC1.Cc1ccc(NC(=O)/C=C/c2cccc(C)c2)cc1. The Morgan fingerprint density at radius 3 is 2.31 bits per heavy atom. The number of quaternary nitrogens is 1. The molecule has 0 saturated carbocycles. The molecule has 1 aliphatic rings. The first-order chi connectivity index (χ1) is 12.5. The molecule has 0 spiro atoms. The van der Waals surface area contributed by atoms with Crippen molar-refractivity contribution in [3.63, 3.8) is 0 Å². The smallest absolute Gasteiger partial charge is 0.248 e. The minimum atomic E-state index is -0.120. The normalized spacial score (nSPS) is 14.6. The summed E-state index contributed by atoms with van der Waals surface area (Å²) in [6.45, 7) is 8.31. The lowest BCUT2D eigenvalue weighted by Crippen LogP contribution is -3.11. The van der Waals surface area contributed by atoms with E-state index in [4.69, 9.17) is 4.74 Å². The van der Waals surface area contributed by atoms with Crippen molar-refractivity contribution in [2.45, 2.75) is 13.8 Å². The van der Waals surface area contributed by atoms with Crippen LogP contribution in [0.25, 0.3) is 6.08 Å². The van der Waals surface area contributed by atoms with Gasteiger partial charge in [-0.2, -0.15) is 0 Å². The van der Waals surface area contributed by atoms with Gasteiger partial charge in [-0.1, -0.05) is 47.5 Å². The predicted octanol–water partition coefficient (Wildman–Crippen LogP) is 2.49. The number of hydrogen-bond donors (Lipinski definition) is 2. The summed E-state index contributed by atoms with van der Waals surface area (Å²) in [6.07, 6.45) is 3.37. The molecule has 26 heavy (non-hydrogen) atoms. The van der Waals surface area contributed by atoms with E-state index in [1.54, 1.807) is 11.0 Å². The van der Waals surface area contributed by atoms with E-state index in [0.29, 0.717) is 0 Å². The Morgan fingerprint density at radius 2 is 1.73 bits per heavy atom. The molecule has 1 aliphatic heterocycles. The number of morpholine rings is 1. The lowest BCUT2D eigenvalue weighted by Gasteiger charge is -2.18. The van der Waals surface area contributed by atoms with Crippen LogP contribution in [0, 0.1) is 13.8 Å². The molecule has 0 bridgehead atoms. The van der Waals surface area contributed by atoms with E-state index in [0.717, 1.165) is 24.5 Å². The zero-order chi connectivity index (χ0) is 18.8. The maximum atomic E-state index is 11.8. The third-order valence-corrected chi connectivity index (χ3v) is 4.13. The number of anilines is 1. The van der Waals surface area contributed by atoms with Gasteiger partial charge in [0.2, 0.25) is 5.91 Å². The summed E-state index contributed by atoms with van der Waals surface area (Å²) in [7, 11) is 2.20. The van der Waals surface area contributed by atoms with Crippen LogP contribution in [0.4, 0.5) is 5.69 Å². The molecule has 1 fully saturated rings. The van der Waals surface area contributed by atoms with Gasteiger partial charge in [0.1, 0.15) is 13.1 Å². The average Bonchev–Trinajstić information content (AvgIpc) is 2.63. The topological polar surface area (TPSA) is 42.8 Å². The van der Waals surface area contributed by atoms with Gasteiger partial charge in [0, 0.05) is 11.8 Å². The first kappa shape index (κ1) is 19.9. The van der Waals surface area contributed by atoms with Crippen molar-refractivity contribution in [2.24, 2.45) is 0 Å². The molecule has 0 atom stereocenters. The summed E-state index contributed by atoms with van der Waals surface area (Å²) >= 11 is 0. The molecule has 0 aromatic heterocycles. The van der Waals surface area contributed by atoms with Gasteiger partial charge in [-0.15, -0.1) is 0 Å². The second kappa shape index (κ2) is 10.5. The van der Waals surface area contributed by atoms with Crippen molar-refractivity contribution >= 4 is 17.7 Å². The molecule has 1 amide bonds. The predicted molar refractivity (Wildman–Crippen MR) is 107 cm³/mol. The minimum absolute atomic E-state index is 0.120. The van der Waals surface area contributed by atoms with Crippen LogP contribution in [0.15, 0.2) is 54.6 Å². The Hall–Kier alpha value is -2.43. The Labute approximate surface area is 156 Å². The zero-order valence-electron chi connectivity index (χ0n) is 15.9. The molecule has 3 rings (SSSR count). The van der Waals surface area contributed by atoms with Gasteiger partial charge in [0.15, 0.2) is 0 Å². The number of hydrogen-bond acceptors (Lipinski definition) is 2. The first-order valence-electron chi connectivity index (χ1n) is 9.04. The Bertz CT molecular complexity index is 717. The second-order valence-corrected chi connectivity index (χ2v) is 6.67. The number of likely N-dealkylation sites (N-methyl/N-ethyl adjacent to an activating group) is 1. The molecular weight excluding hydrogens is 324 g/mol. The molecule has 4 nitrogen and oxygen atoms in total. The summed E-state index contributed by atoms with van der Waals surface area (Å²) < 4.78 is 5.12. The highest BCUT2D eigenvalue weighted by atomic mass is 16.5. The van der Waals surface area contributed by atoms with Gasteiger partial charge < -0.3 is 15.0 Å². The van der Waals surface area contributed by atoms with Crippen molar-refractivity contribution < 1.29 is 14.4 Å². The lowest BCUT2D eigenvalue weighted by molar-refractivity contribution is -0.888. The summed E-state index contributed by atoms with van der Waals surface area (Å²) in [5.74, 6) is -0.120. The van der Waals surface area contributed by atoms with E-state index < -0.39 is 0 Å². The van der Waals surface area contributed by atoms with Gasteiger partial charge in [0.05, 0.1) is 20.3 Å². The van der Waals surface area contributed by atoms with Crippen molar-refractivity contribution in [1.29, 1.82) is 0 Å². The van der Waals surface area contributed by atoms with E-state index in [9.17, 15) is 4.79 Å². The van der Waals surface area contributed by atoms with Crippen LogP contribution in [-0.4, -0.2) is 39.3 Å². The number of carbonyl (C=O) groups excluding carboxylic acids is 1. The van der Waals surface area contributed by atoms with E-state index >= 15 is 0 Å². The van der Waals surface area contributed by atoms with Crippen LogP contribution in [0.3, 0.4) is 0 Å². The number of aryl methyl sites for hydroxylation is 2. The van der Waals surface area contributed by atoms with Crippen LogP contribution in [0.1, 0.15) is 16.7 Å². The van der Waals surface area contributed by atoms with Crippen molar-refractivity contribution in [3.05, 3.63) is 71.3 Å². The first-order valence-corrected chi connectivity index (χ1v) is 9.04. The van der Waals surface area contributed by atoms with Gasteiger partial charge in [-0.25, -0.2) is 0 Å². The van der Waals surface area contributed by atoms with Crippen LogP contribution in [0.2, 0.25) is 0 Å². The number of nitrogens with one attached hydrogen (secondary N) is 2. The summed E-state index contributed by atoms with van der Waals surface area (Å²) in [5, 5.41) is 2.83. The van der Waals surface area contributed by atoms with Gasteiger partial charge >= 0.3 is 0 Å². The number of ether oxygens (including phenoxy) is 1. The molecular formula is C22H29N2O2+. The zero-order valence-corrected chi connectivity index (χ0v) is 15.9. The number of rotatable bonds is 3. The summed E-state index contributed by atoms with van der Waals surface area (Å²) in [6, 6.07) is 15.8. The number of carbonyl (C=O) groups is 1. The van der Waals surface area contributed by atoms with E-state index in [2.05, 4.69) is 12.4 Å². The Balaban J connectivity index is 0.000000290. The average molecular weight is 353 g/mol. The largest absolute Gasteiger partial charge is 0.370 e. The molecule has 0 unspecified atom stereocenters. The molecule has 1 saturated heterocycles. The highest BCUT2D eigenvalue weighted by Gasteiger charge is 2.06. The van der Waals surface area contributed by atoms with Gasteiger partial charge in [0.25, 0.3) is 0 Å². The lowest BCUT2D eigenvalue weighted by atomic mass is 10.1. The molecule has 138 valence electrons. The fraction of sp³-hybridized carbons (Fsp3) is 0.318. The maximum absolute atomic E-state index is 11.8. The fourth-order valence-electron chi connectivity index (χ4n) is 2.49. The molecule has 2 aromatic carbocycles. The molecule has 4 heteroatoms. The highest BCUT2D eigenvalue weighted by molar-refractivity contribution is 6.01. The molecule has 2 N–H and O–H groups in total. The second-order valence-electron chi connectivity index (χ2n) is 6.67. The molecule has 0 radical (unpaired) electrons. The van der Waals surface area contributed by atoms with Crippen molar-refractivity contribution in [3.8, 4) is 0 Å². The van der Waals surface area contributed by atoms with Crippen LogP contribution in [-0.2, 0) is 9.53 Å². The van der Waals surface area contributed by atoms with Crippen LogP contribution < -0.4 is 10.2 Å². The summed E-state index contributed by atoms with van der Waals surface area (Å²) in [4.78, 5) is 13.3. The van der Waals surface area contributed by atoms with Crippen LogP contribution >= 0.6 is 0 Å². The van der Waals surface area contributed by atoms with Gasteiger partial charge in [-0.05, 0) is 37.6 Å². The maximum Gasteiger partial charge on any atom is 0.248 e. The fourth-order valence-corrected chi connectivity index (χ4v) is 2.49. The van der Waals surface area contributed by atoms with E-state index in [-0.39, 0.29) is 5.91 Å². The number of amides is 1. The monoisotopic (exact) mass is 353 g/mol. The summed E-state index contributed by atoms with van der Waals surface area (Å²) in [5.41, 5.74) is 4.19. The highest BCUT2D eigenvalue weighted by Crippen LogP contribution is 2.09. The standard InChI is InChI=1S/C17H17NO.C5H11NO/c1-13-6-9-16(10-7-13)18-17(19)11-8-15-5-3-4-14(2)12-15;1-6-2-4-7-5-3-6/h3-12H,1-2H3,(H,18,19);2-5H2,1H3/p+1/b11-8+;. The third kappa shape index (κ3) is 7.64. The van der Waals surface area contributed by atoms with E-state index in [1.165, 1.54) is 24.2 Å². The molecule has 0 aliphatic carbocycles. The van der Waals surface area contributed by atoms with E-state index in [1.807, 2.05) is 68.5 Å². The minimum Gasteiger partial charge on any atom is -0.370 e. The van der Waals surface area contributed by atoms with Gasteiger partial charge in [-0.3, -0.25) is 4.79 Å². The van der Waals surface area contributed by atoms with Crippen LogP contribution in [0.5, 0.6) is 0 Å². The number of benzene rings is 2.